The summed E-state index contributed by atoms with van der Waals surface area (Å²) in [6.07, 6.45) is 1.61. The van der Waals surface area contributed by atoms with Gasteiger partial charge < -0.3 is 14.4 Å². The quantitative estimate of drug-likeness (QED) is 0.463. The van der Waals surface area contributed by atoms with Crippen LogP contribution in [-0.4, -0.2) is 48.9 Å². The first-order chi connectivity index (χ1) is 17.5. The standard InChI is InChI=1S/C27H30N6O4/c1-16-11-22(29-13-19(16)12-28)24-30-23(32(6)31-24)14-33(26(35)37-27(3,4)5)10-9-18-7-8-20-21(17(18)2)15-36-25(20)34/h7-8,11,13H,9-10,14-15H2,1-6H3. The van der Waals surface area contributed by atoms with Gasteiger partial charge in [0.15, 0.2) is 5.82 Å². The lowest BCUT2D eigenvalue weighted by Crippen LogP contribution is -2.38. The predicted molar refractivity (Wildman–Crippen MR) is 134 cm³/mol. The maximum absolute atomic E-state index is 13.1. The number of carbonyl (C=O) groups excluding carboxylic acids is 2. The lowest BCUT2D eigenvalue weighted by Gasteiger charge is -2.27. The second kappa shape index (κ2) is 10.0. The van der Waals surface area contributed by atoms with Gasteiger partial charge in [-0.15, -0.1) is 5.10 Å². The third-order valence-electron chi connectivity index (χ3n) is 6.23. The largest absolute Gasteiger partial charge is 0.457 e. The second-order valence-corrected chi connectivity index (χ2v) is 10.1. The highest BCUT2D eigenvalue weighted by molar-refractivity contribution is 5.93. The van der Waals surface area contributed by atoms with E-state index in [9.17, 15) is 14.9 Å². The number of fused-ring (bicyclic) bond motifs is 1. The van der Waals surface area contributed by atoms with E-state index >= 15 is 0 Å². The molecule has 4 rings (SSSR count). The molecule has 3 aromatic rings. The summed E-state index contributed by atoms with van der Waals surface area (Å²) in [5.41, 5.74) is 4.69. The molecule has 10 nitrogen and oxygen atoms in total. The summed E-state index contributed by atoms with van der Waals surface area (Å²) >= 11 is 0. The molecule has 0 unspecified atom stereocenters. The van der Waals surface area contributed by atoms with E-state index in [1.165, 1.54) is 6.20 Å². The molecule has 0 bridgehead atoms. The van der Waals surface area contributed by atoms with Gasteiger partial charge in [0.25, 0.3) is 0 Å². The zero-order valence-electron chi connectivity index (χ0n) is 22.0. The van der Waals surface area contributed by atoms with Crippen molar-refractivity contribution >= 4 is 12.1 Å². The SMILES string of the molecule is Cc1cc(-c2nc(CN(CCc3ccc4c(c3C)COC4=O)C(=O)OC(C)(C)C)n(C)n2)ncc1C#N. The van der Waals surface area contributed by atoms with Crippen molar-refractivity contribution in [3.05, 3.63) is 63.6 Å². The molecule has 0 N–H and O–H groups in total. The van der Waals surface area contributed by atoms with Crippen molar-refractivity contribution in [2.24, 2.45) is 7.05 Å². The van der Waals surface area contributed by atoms with E-state index in [0.717, 1.165) is 22.3 Å². The fourth-order valence-electron chi connectivity index (χ4n) is 4.11. The Morgan fingerprint density at radius 3 is 2.73 bits per heavy atom. The summed E-state index contributed by atoms with van der Waals surface area (Å²) in [6, 6.07) is 7.57. The van der Waals surface area contributed by atoms with E-state index in [4.69, 9.17) is 9.47 Å². The molecule has 10 heteroatoms. The molecule has 0 radical (unpaired) electrons. The molecule has 0 atom stereocenters. The number of aryl methyl sites for hydroxylation is 2. The molecule has 3 heterocycles. The van der Waals surface area contributed by atoms with E-state index in [2.05, 4.69) is 21.1 Å². The van der Waals surface area contributed by atoms with Crippen LogP contribution in [0.1, 0.15) is 64.8 Å². The summed E-state index contributed by atoms with van der Waals surface area (Å²) in [6.45, 7) is 10.1. The molecule has 192 valence electrons. The number of nitrogens with zero attached hydrogens (tertiary/aromatic N) is 6. The minimum absolute atomic E-state index is 0.180. The average molecular weight is 503 g/mol. The molecule has 0 saturated heterocycles. The summed E-state index contributed by atoms with van der Waals surface area (Å²) in [5.74, 6) is 0.674. The topological polar surface area (TPSA) is 123 Å². The van der Waals surface area contributed by atoms with Crippen molar-refractivity contribution in [1.29, 1.82) is 5.26 Å². The van der Waals surface area contributed by atoms with Gasteiger partial charge in [0.2, 0.25) is 0 Å². The molecule has 0 saturated carbocycles. The van der Waals surface area contributed by atoms with Crippen molar-refractivity contribution in [3.8, 4) is 17.6 Å². The van der Waals surface area contributed by atoms with E-state index in [1.807, 2.05) is 40.7 Å². The number of aromatic nitrogens is 4. The van der Waals surface area contributed by atoms with Crippen LogP contribution in [-0.2, 0) is 36.1 Å². The highest BCUT2D eigenvalue weighted by atomic mass is 16.6. The van der Waals surface area contributed by atoms with Crippen molar-refractivity contribution in [2.75, 3.05) is 6.54 Å². The van der Waals surface area contributed by atoms with Crippen molar-refractivity contribution in [1.82, 2.24) is 24.6 Å². The fraction of sp³-hybridized carbons (Fsp3) is 0.407. The lowest BCUT2D eigenvalue weighted by molar-refractivity contribution is 0.0229. The van der Waals surface area contributed by atoms with Gasteiger partial charge in [0.05, 0.1) is 17.7 Å². The molecule has 1 aliphatic rings. The summed E-state index contributed by atoms with van der Waals surface area (Å²) in [4.78, 5) is 35.6. The number of hydrogen-bond donors (Lipinski definition) is 0. The van der Waals surface area contributed by atoms with E-state index in [0.29, 0.717) is 41.4 Å². The van der Waals surface area contributed by atoms with Gasteiger partial charge in [-0.05, 0) is 69.9 Å². The van der Waals surface area contributed by atoms with Gasteiger partial charge in [-0.25, -0.2) is 14.6 Å². The van der Waals surface area contributed by atoms with Gasteiger partial charge in [-0.2, -0.15) is 5.26 Å². The first-order valence-electron chi connectivity index (χ1n) is 12.0. The Balaban J connectivity index is 1.57. The van der Waals surface area contributed by atoms with Gasteiger partial charge in [0.1, 0.15) is 29.8 Å². The smallest absolute Gasteiger partial charge is 0.410 e. The third kappa shape index (κ3) is 5.61. The first kappa shape index (κ1) is 25.8. The lowest BCUT2D eigenvalue weighted by atomic mass is 9.97. The predicted octanol–water partition coefficient (Wildman–Crippen LogP) is 4.02. The molecule has 1 aliphatic heterocycles. The number of cyclic esters (lactones) is 1. The maximum atomic E-state index is 13.1. The molecule has 0 spiro atoms. The third-order valence-corrected chi connectivity index (χ3v) is 6.23. The van der Waals surface area contributed by atoms with E-state index in [1.54, 1.807) is 28.8 Å². The van der Waals surface area contributed by atoms with Gasteiger partial charge in [-0.1, -0.05) is 6.07 Å². The van der Waals surface area contributed by atoms with Gasteiger partial charge >= 0.3 is 12.1 Å². The molecule has 1 aromatic carbocycles. The zero-order valence-corrected chi connectivity index (χ0v) is 22.0. The average Bonchev–Trinajstić information content (AvgIpc) is 3.39. The Morgan fingerprint density at radius 2 is 2.05 bits per heavy atom. The number of benzene rings is 1. The monoisotopic (exact) mass is 502 g/mol. The fourth-order valence-corrected chi connectivity index (χ4v) is 4.11. The molecule has 2 aromatic heterocycles. The van der Waals surface area contributed by atoms with Crippen LogP contribution in [0.25, 0.3) is 11.5 Å². The van der Waals surface area contributed by atoms with Crippen LogP contribution in [0, 0.1) is 25.2 Å². The number of nitriles is 1. The molecule has 0 fully saturated rings. The van der Waals surface area contributed by atoms with Gasteiger partial charge in [0, 0.05) is 25.4 Å². The number of esters is 1. The minimum atomic E-state index is -0.661. The van der Waals surface area contributed by atoms with Gasteiger partial charge in [-0.3, -0.25) is 9.67 Å². The molecular formula is C27H30N6O4. The van der Waals surface area contributed by atoms with Crippen LogP contribution in [0.2, 0.25) is 0 Å². The summed E-state index contributed by atoms with van der Waals surface area (Å²) < 4.78 is 12.5. The number of pyridine rings is 1. The number of hydrogen-bond acceptors (Lipinski definition) is 8. The summed E-state index contributed by atoms with van der Waals surface area (Å²) in [7, 11) is 1.76. The molecule has 37 heavy (non-hydrogen) atoms. The first-order valence-corrected chi connectivity index (χ1v) is 12.0. The number of ether oxygens (including phenoxy) is 2. The zero-order chi connectivity index (χ0) is 26.9. The van der Waals surface area contributed by atoms with Crippen molar-refractivity contribution in [3.63, 3.8) is 0 Å². The van der Waals surface area contributed by atoms with Crippen LogP contribution >= 0.6 is 0 Å². The number of amides is 1. The number of carbonyl (C=O) groups is 2. The Kier molecular flexibility index (Phi) is 6.99. The summed E-state index contributed by atoms with van der Waals surface area (Å²) in [5, 5.41) is 13.7. The second-order valence-electron chi connectivity index (χ2n) is 10.1. The van der Waals surface area contributed by atoms with Crippen LogP contribution in [0.5, 0.6) is 0 Å². The van der Waals surface area contributed by atoms with E-state index < -0.39 is 11.7 Å². The Bertz CT molecular complexity index is 1410. The Morgan fingerprint density at radius 1 is 1.30 bits per heavy atom. The normalized spacial score (nSPS) is 12.6. The van der Waals surface area contributed by atoms with Crippen LogP contribution in [0.4, 0.5) is 4.79 Å². The maximum Gasteiger partial charge on any atom is 0.410 e. The highest BCUT2D eigenvalue weighted by Crippen LogP contribution is 2.26. The van der Waals surface area contributed by atoms with Crippen LogP contribution in [0.3, 0.4) is 0 Å². The molecule has 1 amide bonds. The van der Waals surface area contributed by atoms with E-state index in [-0.39, 0.29) is 19.1 Å². The molecular weight excluding hydrogens is 472 g/mol. The van der Waals surface area contributed by atoms with Crippen molar-refractivity contribution < 1.29 is 19.1 Å². The highest BCUT2D eigenvalue weighted by Gasteiger charge is 2.27. The Labute approximate surface area is 215 Å². The molecule has 0 aliphatic carbocycles. The number of rotatable bonds is 6. The van der Waals surface area contributed by atoms with Crippen LogP contribution < -0.4 is 0 Å². The van der Waals surface area contributed by atoms with Crippen molar-refractivity contribution in [2.45, 2.75) is 59.8 Å². The minimum Gasteiger partial charge on any atom is -0.457 e. The Hall–Kier alpha value is -4.26. The van der Waals surface area contributed by atoms with Crippen LogP contribution in [0.15, 0.2) is 24.4 Å².